The molecule has 0 unspecified atom stereocenters. The van der Waals surface area contributed by atoms with Gasteiger partial charge in [-0.1, -0.05) is 13.8 Å². The fourth-order valence-electron chi connectivity index (χ4n) is 8.31. The fraction of sp³-hybridized carbons (Fsp3) is 1.00. The Morgan fingerprint density at radius 3 is 2.29 bits per heavy atom. The second kappa shape index (κ2) is 8.07. The number of aliphatic hydroxyl groups is 1. The van der Waals surface area contributed by atoms with Crippen molar-refractivity contribution in [3.8, 4) is 0 Å². The van der Waals surface area contributed by atoms with Crippen LogP contribution in [-0.2, 0) is 14.6 Å². The molecule has 7 heteroatoms. The molecule has 0 heterocycles. The van der Waals surface area contributed by atoms with Crippen molar-refractivity contribution in [2.75, 3.05) is 0 Å². The van der Waals surface area contributed by atoms with Crippen LogP contribution < -0.4 is 29.6 Å². The molecule has 0 aromatic rings. The molecular weight excluding hydrogens is 387 g/mol. The summed E-state index contributed by atoms with van der Waals surface area (Å²) in [5.41, 5.74) is 0.509. The van der Waals surface area contributed by atoms with Gasteiger partial charge in [0, 0.05) is 0 Å². The van der Waals surface area contributed by atoms with E-state index in [9.17, 15) is 18.1 Å². The molecule has 4 saturated carbocycles. The van der Waals surface area contributed by atoms with Crippen molar-refractivity contribution >= 4 is 10.4 Å². The minimum absolute atomic E-state index is 0. The van der Waals surface area contributed by atoms with Gasteiger partial charge in [0.25, 0.3) is 0 Å². The molecule has 4 rings (SSSR count). The van der Waals surface area contributed by atoms with Gasteiger partial charge in [-0.15, -0.1) is 0 Å². The van der Waals surface area contributed by atoms with E-state index in [4.69, 9.17) is 4.18 Å². The van der Waals surface area contributed by atoms with Crippen molar-refractivity contribution in [2.45, 2.75) is 90.8 Å². The largest absolute Gasteiger partial charge is 1.00 e. The molecule has 156 valence electrons. The van der Waals surface area contributed by atoms with Gasteiger partial charge in [0.1, 0.15) is 0 Å². The first-order chi connectivity index (χ1) is 12.5. The Kier molecular flexibility index (Phi) is 6.77. The second-order valence-corrected chi connectivity index (χ2v) is 11.5. The first-order valence-electron chi connectivity index (χ1n) is 10.9. The number of hydrogen-bond acceptors (Lipinski definition) is 5. The van der Waals surface area contributed by atoms with Crippen molar-refractivity contribution in [1.82, 2.24) is 0 Å². The molecule has 0 radical (unpaired) electrons. The van der Waals surface area contributed by atoms with Gasteiger partial charge < -0.3 is 9.66 Å². The molecule has 1 N–H and O–H groups in total. The maximum Gasteiger partial charge on any atom is 1.00 e. The van der Waals surface area contributed by atoms with Crippen LogP contribution in [0.3, 0.4) is 0 Å². The molecule has 28 heavy (non-hydrogen) atoms. The van der Waals surface area contributed by atoms with Crippen LogP contribution in [0.2, 0.25) is 0 Å². The normalized spacial score (nSPS) is 49.3. The Hall–Kier alpha value is 0.830. The van der Waals surface area contributed by atoms with E-state index in [-0.39, 0.29) is 46.5 Å². The van der Waals surface area contributed by atoms with Crippen LogP contribution in [0.4, 0.5) is 0 Å². The first-order valence-corrected chi connectivity index (χ1v) is 12.2. The van der Waals surface area contributed by atoms with Crippen molar-refractivity contribution < 1.29 is 51.8 Å². The predicted octanol–water partition coefficient (Wildman–Crippen LogP) is 0.876. The third kappa shape index (κ3) is 3.89. The zero-order chi connectivity index (χ0) is 19.6. The van der Waals surface area contributed by atoms with Crippen molar-refractivity contribution in [1.29, 1.82) is 0 Å². The maximum atomic E-state index is 11.0. The Labute approximate surface area is 192 Å². The number of fused-ring (bicyclic) bond motifs is 5. The summed E-state index contributed by atoms with van der Waals surface area (Å²) < 4.78 is 37.9. The molecule has 4 aliphatic carbocycles. The monoisotopic (exact) mass is 422 g/mol. The molecule has 5 nitrogen and oxygen atoms in total. The topological polar surface area (TPSA) is 86.7 Å². The summed E-state index contributed by atoms with van der Waals surface area (Å²) in [5.74, 6) is 3.02. The van der Waals surface area contributed by atoms with Gasteiger partial charge in [0.05, 0.1) is 12.2 Å². The smallest absolute Gasteiger partial charge is 0.726 e. The van der Waals surface area contributed by atoms with Crippen LogP contribution in [0.15, 0.2) is 0 Å². The molecular formula is C21H35NaO5S. The van der Waals surface area contributed by atoms with Crippen molar-refractivity contribution in [3.63, 3.8) is 0 Å². The van der Waals surface area contributed by atoms with Crippen molar-refractivity contribution in [2.24, 2.45) is 40.4 Å². The van der Waals surface area contributed by atoms with E-state index in [1.165, 1.54) is 25.7 Å². The summed E-state index contributed by atoms with van der Waals surface area (Å²) in [6, 6.07) is 0. The molecule has 9 atom stereocenters. The summed E-state index contributed by atoms with van der Waals surface area (Å²) >= 11 is 0. The minimum Gasteiger partial charge on any atom is -0.726 e. The van der Waals surface area contributed by atoms with Crippen LogP contribution in [0.5, 0.6) is 0 Å². The standard InChI is InChI=1S/C21H36O5S.Na/c1-13(22)17-6-7-18-16-5-4-14-12-15(26-27(23,24)25)8-10-20(14,2)19(16)9-11-21(17,18)3;/h13-19,22H,4-12H2,1-3H3,(H,23,24,25);/q;+1/p-1/t13-,14+,15+,16-,17+,18-,19-,20-,21+;/m0./s1. The van der Waals surface area contributed by atoms with Crippen molar-refractivity contribution in [3.05, 3.63) is 0 Å². The molecule has 0 spiro atoms. The van der Waals surface area contributed by atoms with Crippen LogP contribution in [0, 0.1) is 40.4 Å². The van der Waals surface area contributed by atoms with Gasteiger partial charge in [-0.25, -0.2) is 8.42 Å². The second-order valence-electron chi connectivity index (χ2n) is 10.5. The summed E-state index contributed by atoms with van der Waals surface area (Å²) in [5, 5.41) is 10.3. The van der Waals surface area contributed by atoms with Gasteiger partial charge >= 0.3 is 29.6 Å². The average molecular weight is 423 g/mol. The molecule has 0 aromatic carbocycles. The van der Waals surface area contributed by atoms with E-state index in [1.807, 2.05) is 6.92 Å². The summed E-state index contributed by atoms with van der Waals surface area (Å²) in [4.78, 5) is 0. The predicted molar refractivity (Wildman–Crippen MR) is 101 cm³/mol. The first kappa shape index (κ1) is 23.5. The van der Waals surface area contributed by atoms with Crippen LogP contribution >= 0.6 is 0 Å². The average Bonchev–Trinajstić information content (AvgIpc) is 2.91. The molecule has 0 bridgehead atoms. The van der Waals surface area contributed by atoms with Crippen LogP contribution in [0.25, 0.3) is 0 Å². The zero-order valence-electron chi connectivity index (χ0n) is 17.9. The van der Waals surface area contributed by atoms with Gasteiger partial charge in [-0.3, -0.25) is 4.18 Å². The SMILES string of the molecule is C[C@H](O)[C@H]1CC[C@H]2[C@@H]3CC[C@@H]4C[C@H](OS(=O)(=O)[O-])CC[C@]4(C)[C@H]3CC[C@]12C.[Na+]. The maximum absolute atomic E-state index is 11.0. The Morgan fingerprint density at radius 2 is 1.64 bits per heavy atom. The van der Waals surface area contributed by atoms with Gasteiger partial charge in [-0.2, -0.15) is 0 Å². The number of rotatable bonds is 3. The van der Waals surface area contributed by atoms with Crippen LogP contribution in [-0.4, -0.2) is 30.3 Å². The Morgan fingerprint density at radius 1 is 1.00 bits per heavy atom. The molecule has 0 aromatic heterocycles. The molecule has 4 aliphatic rings. The van der Waals surface area contributed by atoms with Crippen LogP contribution in [0.1, 0.15) is 78.6 Å². The Balaban J connectivity index is 0.00000225. The third-order valence-corrected chi connectivity index (χ3v) is 10.0. The quantitative estimate of drug-likeness (QED) is 0.414. The summed E-state index contributed by atoms with van der Waals surface area (Å²) in [6.07, 6.45) is 8.83. The molecule has 0 saturated heterocycles. The molecule has 0 amide bonds. The zero-order valence-corrected chi connectivity index (χ0v) is 20.7. The Bertz CT molecular complexity index is 682. The van der Waals surface area contributed by atoms with E-state index in [1.54, 1.807) is 0 Å². The van der Waals surface area contributed by atoms with E-state index >= 15 is 0 Å². The summed E-state index contributed by atoms with van der Waals surface area (Å²) in [7, 11) is -4.61. The molecule has 0 aliphatic heterocycles. The summed E-state index contributed by atoms with van der Waals surface area (Å²) in [6.45, 7) is 6.81. The number of hydrogen-bond donors (Lipinski definition) is 1. The van der Waals surface area contributed by atoms with Gasteiger partial charge in [0.15, 0.2) is 0 Å². The van der Waals surface area contributed by atoms with E-state index in [0.717, 1.165) is 25.2 Å². The minimum atomic E-state index is -4.61. The van der Waals surface area contributed by atoms with E-state index < -0.39 is 16.5 Å². The molecule has 4 fully saturated rings. The third-order valence-electron chi connectivity index (χ3n) is 9.53. The van der Waals surface area contributed by atoms with Gasteiger partial charge in [-0.05, 0) is 105 Å². The number of aliphatic hydroxyl groups excluding tert-OH is 1. The van der Waals surface area contributed by atoms with E-state index in [0.29, 0.717) is 36.5 Å². The van der Waals surface area contributed by atoms with E-state index in [2.05, 4.69) is 13.8 Å². The fourth-order valence-corrected chi connectivity index (χ4v) is 8.81. The van der Waals surface area contributed by atoms with Gasteiger partial charge in [0.2, 0.25) is 10.4 Å².